The third-order valence-corrected chi connectivity index (χ3v) is 5.81. The van der Waals surface area contributed by atoms with Gasteiger partial charge in [0.1, 0.15) is 6.10 Å². The summed E-state index contributed by atoms with van der Waals surface area (Å²) in [5, 5.41) is 2.90. The molecule has 2 amide bonds. The van der Waals surface area contributed by atoms with E-state index in [1.54, 1.807) is 12.0 Å². The summed E-state index contributed by atoms with van der Waals surface area (Å²) in [5.74, 6) is 1.12. The van der Waals surface area contributed by atoms with Gasteiger partial charge < -0.3 is 24.4 Å². The fourth-order valence-electron chi connectivity index (χ4n) is 4.05. The Labute approximate surface area is 182 Å². The summed E-state index contributed by atoms with van der Waals surface area (Å²) in [6, 6.07) is 13.4. The van der Waals surface area contributed by atoms with E-state index in [1.165, 1.54) is 0 Å². The number of nitrogens with zero attached hydrogens (tertiary/aromatic N) is 1. The fourth-order valence-corrected chi connectivity index (χ4v) is 4.05. The van der Waals surface area contributed by atoms with E-state index in [1.807, 2.05) is 49.4 Å². The maximum atomic E-state index is 12.6. The zero-order chi connectivity index (χ0) is 21.8. The number of nitrogens with one attached hydrogen (secondary N) is 1. The van der Waals surface area contributed by atoms with Crippen molar-refractivity contribution in [3.05, 3.63) is 53.6 Å². The van der Waals surface area contributed by atoms with Crippen LogP contribution in [0.4, 0.5) is 5.69 Å². The van der Waals surface area contributed by atoms with E-state index < -0.39 is 0 Å². The van der Waals surface area contributed by atoms with Crippen molar-refractivity contribution >= 4 is 17.5 Å². The van der Waals surface area contributed by atoms with Gasteiger partial charge in [0.05, 0.1) is 26.9 Å². The quantitative estimate of drug-likeness (QED) is 0.739. The third-order valence-electron chi connectivity index (χ3n) is 5.81. The zero-order valence-electron chi connectivity index (χ0n) is 17.9. The minimum Gasteiger partial charge on any atom is -0.493 e. The second-order valence-corrected chi connectivity index (χ2v) is 8.05. The molecule has 2 aliphatic rings. The molecular weight excluding hydrogens is 396 g/mol. The van der Waals surface area contributed by atoms with E-state index in [9.17, 15) is 9.59 Å². The number of methoxy groups -OCH3 is 1. The third kappa shape index (κ3) is 4.99. The van der Waals surface area contributed by atoms with Gasteiger partial charge >= 0.3 is 0 Å². The van der Waals surface area contributed by atoms with Gasteiger partial charge in [0.2, 0.25) is 11.8 Å². The van der Waals surface area contributed by atoms with Crippen molar-refractivity contribution in [3.63, 3.8) is 0 Å². The summed E-state index contributed by atoms with van der Waals surface area (Å²) in [5.41, 5.74) is 2.76. The van der Waals surface area contributed by atoms with Gasteiger partial charge in [-0.15, -0.1) is 0 Å². The molecule has 2 aromatic carbocycles. The van der Waals surface area contributed by atoms with Crippen molar-refractivity contribution in [1.29, 1.82) is 0 Å². The van der Waals surface area contributed by atoms with E-state index in [0.717, 1.165) is 23.2 Å². The minimum atomic E-state index is -0.191. The molecule has 0 spiro atoms. The Morgan fingerprint density at radius 1 is 1.23 bits per heavy atom. The maximum Gasteiger partial charge on any atom is 0.244 e. The standard InChI is InChI=1S/C24H28N2O5/c1-16-5-3-4-6-20(16)25-23(27)14-26-13-18(12-24(26)28)17-7-8-21(29-2)22(11-17)31-19-9-10-30-15-19/h3-8,11,18-19H,9-10,12-15H2,1-2H3,(H,25,27)/t18-,19+/m0/s1. The number of para-hydroxylation sites is 1. The number of hydrogen-bond donors (Lipinski definition) is 1. The Morgan fingerprint density at radius 3 is 2.81 bits per heavy atom. The summed E-state index contributed by atoms with van der Waals surface area (Å²) in [7, 11) is 1.61. The highest BCUT2D eigenvalue weighted by Gasteiger charge is 2.32. The van der Waals surface area contributed by atoms with Crippen LogP contribution in [0.5, 0.6) is 11.5 Å². The topological polar surface area (TPSA) is 77.1 Å². The number of ether oxygens (including phenoxy) is 3. The molecule has 1 N–H and O–H groups in total. The van der Waals surface area contributed by atoms with Crippen LogP contribution in [0.1, 0.15) is 29.9 Å². The number of aryl methyl sites for hydroxylation is 1. The Hall–Kier alpha value is -3.06. The van der Waals surface area contributed by atoms with Gasteiger partial charge in [-0.2, -0.15) is 0 Å². The molecule has 0 bridgehead atoms. The predicted molar refractivity (Wildman–Crippen MR) is 117 cm³/mol. The first-order valence-corrected chi connectivity index (χ1v) is 10.6. The maximum absolute atomic E-state index is 12.6. The van der Waals surface area contributed by atoms with Crippen molar-refractivity contribution in [2.75, 3.05) is 38.7 Å². The van der Waals surface area contributed by atoms with Crippen LogP contribution in [0.25, 0.3) is 0 Å². The van der Waals surface area contributed by atoms with Crippen molar-refractivity contribution in [2.45, 2.75) is 31.8 Å². The number of benzene rings is 2. The normalized spacial score (nSPS) is 20.7. The molecule has 2 aromatic rings. The van der Waals surface area contributed by atoms with Crippen molar-refractivity contribution in [3.8, 4) is 11.5 Å². The highest BCUT2D eigenvalue weighted by Crippen LogP contribution is 2.36. The van der Waals surface area contributed by atoms with Crippen LogP contribution in [-0.2, 0) is 14.3 Å². The Kier molecular flexibility index (Phi) is 6.42. The van der Waals surface area contributed by atoms with E-state index in [0.29, 0.717) is 37.7 Å². The number of likely N-dealkylation sites (tertiary alicyclic amines) is 1. The van der Waals surface area contributed by atoms with E-state index in [2.05, 4.69) is 5.32 Å². The largest absolute Gasteiger partial charge is 0.493 e. The number of amides is 2. The van der Waals surface area contributed by atoms with Gasteiger partial charge in [-0.05, 0) is 36.2 Å². The summed E-state index contributed by atoms with van der Waals surface area (Å²) in [6.45, 7) is 3.75. The lowest BCUT2D eigenvalue weighted by Gasteiger charge is -2.19. The van der Waals surface area contributed by atoms with Crippen LogP contribution < -0.4 is 14.8 Å². The lowest BCUT2D eigenvalue weighted by Crippen LogP contribution is -2.34. The fraction of sp³-hybridized carbons (Fsp3) is 0.417. The van der Waals surface area contributed by atoms with Gasteiger partial charge in [0.25, 0.3) is 0 Å². The lowest BCUT2D eigenvalue weighted by atomic mass is 9.98. The second kappa shape index (κ2) is 9.39. The van der Waals surface area contributed by atoms with Crippen molar-refractivity contribution < 1.29 is 23.8 Å². The Bertz CT molecular complexity index is 955. The molecule has 0 saturated carbocycles. The molecule has 2 heterocycles. The Balaban J connectivity index is 1.41. The van der Waals surface area contributed by atoms with Gasteiger partial charge in [0, 0.05) is 31.0 Å². The molecule has 0 aromatic heterocycles. The van der Waals surface area contributed by atoms with E-state index in [-0.39, 0.29) is 30.4 Å². The summed E-state index contributed by atoms with van der Waals surface area (Å²) < 4.78 is 16.9. The average Bonchev–Trinajstić information content (AvgIpc) is 3.40. The van der Waals surface area contributed by atoms with Gasteiger partial charge in [0.15, 0.2) is 11.5 Å². The monoisotopic (exact) mass is 424 g/mol. The van der Waals surface area contributed by atoms with Gasteiger partial charge in [-0.3, -0.25) is 9.59 Å². The van der Waals surface area contributed by atoms with Crippen LogP contribution in [0.15, 0.2) is 42.5 Å². The Morgan fingerprint density at radius 2 is 2.06 bits per heavy atom. The highest BCUT2D eigenvalue weighted by molar-refractivity contribution is 5.95. The number of hydrogen-bond acceptors (Lipinski definition) is 5. The van der Waals surface area contributed by atoms with Crippen LogP contribution in [0.2, 0.25) is 0 Å². The zero-order valence-corrected chi connectivity index (χ0v) is 17.9. The first kappa shape index (κ1) is 21.2. The van der Waals surface area contributed by atoms with Crippen LogP contribution in [0, 0.1) is 6.92 Å². The van der Waals surface area contributed by atoms with Crippen LogP contribution >= 0.6 is 0 Å². The smallest absolute Gasteiger partial charge is 0.244 e. The van der Waals surface area contributed by atoms with Crippen LogP contribution in [-0.4, -0.2) is 56.2 Å². The highest BCUT2D eigenvalue weighted by atomic mass is 16.6. The number of carbonyl (C=O) groups is 2. The average molecular weight is 424 g/mol. The van der Waals surface area contributed by atoms with Crippen molar-refractivity contribution in [1.82, 2.24) is 4.90 Å². The van der Waals surface area contributed by atoms with Gasteiger partial charge in [-0.1, -0.05) is 24.3 Å². The molecule has 31 heavy (non-hydrogen) atoms. The van der Waals surface area contributed by atoms with E-state index >= 15 is 0 Å². The van der Waals surface area contributed by atoms with Crippen molar-refractivity contribution in [2.24, 2.45) is 0 Å². The number of carbonyl (C=O) groups excluding carboxylic acids is 2. The molecule has 0 unspecified atom stereocenters. The first-order chi connectivity index (χ1) is 15.0. The molecule has 0 radical (unpaired) electrons. The summed E-state index contributed by atoms with van der Waals surface area (Å²) in [4.78, 5) is 26.7. The molecule has 164 valence electrons. The number of anilines is 1. The molecule has 7 nitrogen and oxygen atoms in total. The molecule has 2 atom stereocenters. The minimum absolute atomic E-state index is 0.00634. The molecule has 7 heteroatoms. The first-order valence-electron chi connectivity index (χ1n) is 10.6. The summed E-state index contributed by atoms with van der Waals surface area (Å²) in [6.07, 6.45) is 1.23. The lowest BCUT2D eigenvalue weighted by molar-refractivity contribution is -0.131. The molecule has 4 rings (SSSR count). The molecular formula is C24H28N2O5. The van der Waals surface area contributed by atoms with E-state index in [4.69, 9.17) is 14.2 Å². The molecule has 0 aliphatic carbocycles. The van der Waals surface area contributed by atoms with Gasteiger partial charge in [-0.25, -0.2) is 0 Å². The molecule has 2 aliphatic heterocycles. The number of rotatable bonds is 7. The predicted octanol–water partition coefficient (Wildman–Crippen LogP) is 3.13. The molecule has 2 saturated heterocycles. The second-order valence-electron chi connectivity index (χ2n) is 8.05. The molecule has 2 fully saturated rings. The summed E-state index contributed by atoms with van der Waals surface area (Å²) >= 11 is 0. The van der Waals surface area contributed by atoms with Crippen LogP contribution in [0.3, 0.4) is 0 Å². The SMILES string of the molecule is COc1ccc([C@H]2CC(=O)N(CC(=O)Nc3ccccc3C)C2)cc1O[C@@H]1CCOC1.